The van der Waals surface area contributed by atoms with Gasteiger partial charge < -0.3 is 15.2 Å². The lowest BCUT2D eigenvalue weighted by atomic mass is 10.1. The number of β-amino-alcohol motifs (C(OH)–C–C–N with tert-alkyl or cyclic N) is 1. The number of amides is 1. The smallest absolute Gasteiger partial charge is 0.332 e. The van der Waals surface area contributed by atoms with Crippen LogP contribution in [0.1, 0.15) is 19.8 Å². The molecule has 1 amide bonds. The average Bonchev–Trinajstić information content (AvgIpc) is 3.00. The highest BCUT2D eigenvalue weighted by Crippen LogP contribution is 2.45. The van der Waals surface area contributed by atoms with Crippen LogP contribution in [0.5, 0.6) is 0 Å². The van der Waals surface area contributed by atoms with E-state index in [9.17, 15) is 14.7 Å². The normalized spacial score (nSPS) is 36.5. The minimum Gasteiger partial charge on any atom is -0.464 e. The quantitative estimate of drug-likeness (QED) is 0.431. The molecule has 1 aliphatic heterocycles. The van der Waals surface area contributed by atoms with Gasteiger partial charge in [-0.05, 0) is 25.1 Å². The molecular formula is C13H19ClN2O4. The van der Waals surface area contributed by atoms with Crippen LogP contribution in [-0.4, -0.2) is 52.2 Å². The monoisotopic (exact) mass is 302 g/mol. The number of carbonyl (C=O) groups excluding carboxylic acids is 2. The van der Waals surface area contributed by atoms with E-state index in [1.165, 1.54) is 4.42 Å². The second kappa shape index (κ2) is 5.71. The van der Waals surface area contributed by atoms with Crippen molar-refractivity contribution in [2.75, 3.05) is 13.2 Å². The molecule has 1 heterocycles. The molecule has 2 aliphatic rings. The Morgan fingerprint density at radius 2 is 2.35 bits per heavy atom. The molecule has 0 unspecified atom stereocenters. The standard InChI is InChI=1S/C13H19ClN2O4/c1-3-8-6-13(8,12(19)20-4-2)15-11(18)10-5-9(17)7-16(10)14/h3,8-10,17H,1,4-7H2,2H3,(H,15,18)/t8-,9-,10+,13-/m1/s1. The first-order valence-corrected chi connectivity index (χ1v) is 7.00. The number of nitrogens with zero attached hydrogens (tertiary/aromatic N) is 1. The van der Waals surface area contributed by atoms with Crippen LogP contribution >= 0.6 is 11.8 Å². The average molecular weight is 303 g/mol. The predicted molar refractivity (Wildman–Crippen MR) is 72.8 cm³/mol. The van der Waals surface area contributed by atoms with Gasteiger partial charge in [-0.25, -0.2) is 9.21 Å². The van der Waals surface area contributed by atoms with Gasteiger partial charge >= 0.3 is 5.97 Å². The molecule has 112 valence electrons. The van der Waals surface area contributed by atoms with Gasteiger partial charge in [0.1, 0.15) is 11.6 Å². The van der Waals surface area contributed by atoms with E-state index in [-0.39, 0.29) is 31.4 Å². The number of hydrogen-bond acceptors (Lipinski definition) is 5. The third kappa shape index (κ3) is 2.68. The summed E-state index contributed by atoms with van der Waals surface area (Å²) in [5.74, 6) is -0.938. The van der Waals surface area contributed by atoms with E-state index in [1.54, 1.807) is 13.0 Å². The molecule has 7 heteroatoms. The third-order valence-corrected chi connectivity index (χ3v) is 4.18. The first-order valence-electron chi connectivity index (χ1n) is 6.67. The second-order valence-corrected chi connectivity index (χ2v) is 5.65. The molecule has 4 atom stereocenters. The zero-order chi connectivity index (χ0) is 14.9. The Kier molecular flexibility index (Phi) is 4.36. The summed E-state index contributed by atoms with van der Waals surface area (Å²) in [7, 11) is 0. The fourth-order valence-electron chi connectivity index (χ4n) is 2.57. The summed E-state index contributed by atoms with van der Waals surface area (Å²) in [6.07, 6.45) is 1.75. The highest BCUT2D eigenvalue weighted by atomic mass is 35.5. The summed E-state index contributed by atoms with van der Waals surface area (Å²) in [5.41, 5.74) is -1.01. The molecule has 0 aromatic rings. The molecule has 0 spiro atoms. The van der Waals surface area contributed by atoms with Crippen LogP contribution in [-0.2, 0) is 14.3 Å². The highest BCUT2D eigenvalue weighted by molar-refractivity contribution is 6.15. The van der Waals surface area contributed by atoms with Crippen LogP contribution in [0.15, 0.2) is 12.7 Å². The number of rotatable bonds is 5. The fraction of sp³-hybridized carbons (Fsp3) is 0.692. The Labute approximate surface area is 122 Å². The van der Waals surface area contributed by atoms with Crippen molar-refractivity contribution in [1.82, 2.24) is 9.74 Å². The second-order valence-electron chi connectivity index (χ2n) is 5.21. The van der Waals surface area contributed by atoms with Crippen molar-refractivity contribution >= 4 is 23.7 Å². The number of carbonyl (C=O) groups is 2. The van der Waals surface area contributed by atoms with Crippen molar-refractivity contribution in [3.8, 4) is 0 Å². The number of aliphatic hydroxyl groups is 1. The number of esters is 1. The first-order chi connectivity index (χ1) is 9.44. The van der Waals surface area contributed by atoms with Crippen molar-refractivity contribution in [2.24, 2.45) is 5.92 Å². The van der Waals surface area contributed by atoms with Gasteiger partial charge in [0.05, 0.1) is 12.7 Å². The Balaban J connectivity index is 2.04. The lowest BCUT2D eigenvalue weighted by molar-refractivity contribution is -0.149. The number of halogens is 1. The van der Waals surface area contributed by atoms with Gasteiger partial charge in [0.25, 0.3) is 0 Å². The highest BCUT2D eigenvalue weighted by Gasteiger charge is 2.61. The predicted octanol–water partition coefficient (Wildman–Crippen LogP) is 0.199. The molecule has 0 aromatic carbocycles. The Bertz CT molecular complexity index is 431. The summed E-state index contributed by atoms with van der Waals surface area (Å²) >= 11 is 5.90. The van der Waals surface area contributed by atoms with Gasteiger partial charge in [0.15, 0.2) is 0 Å². The van der Waals surface area contributed by atoms with Crippen LogP contribution in [0.4, 0.5) is 0 Å². The molecule has 1 saturated heterocycles. The SMILES string of the molecule is C=C[C@@H]1C[C@]1(NC(=O)[C@@H]1C[C@@H](O)CN1Cl)C(=O)OCC. The molecule has 20 heavy (non-hydrogen) atoms. The lowest BCUT2D eigenvalue weighted by Crippen LogP contribution is -2.51. The van der Waals surface area contributed by atoms with Crippen molar-refractivity contribution in [1.29, 1.82) is 0 Å². The fourth-order valence-corrected chi connectivity index (χ4v) is 2.90. The Morgan fingerprint density at radius 1 is 1.65 bits per heavy atom. The number of nitrogens with one attached hydrogen (secondary N) is 1. The van der Waals surface area contributed by atoms with Crippen molar-refractivity contribution in [3.05, 3.63) is 12.7 Å². The molecule has 0 bridgehead atoms. The van der Waals surface area contributed by atoms with Crippen LogP contribution in [0.25, 0.3) is 0 Å². The molecule has 2 rings (SSSR count). The molecule has 6 nitrogen and oxygen atoms in total. The molecule has 1 saturated carbocycles. The number of ether oxygens (including phenoxy) is 1. The lowest BCUT2D eigenvalue weighted by Gasteiger charge is -2.21. The van der Waals surface area contributed by atoms with E-state index in [0.29, 0.717) is 6.42 Å². The van der Waals surface area contributed by atoms with Crippen LogP contribution in [0, 0.1) is 5.92 Å². The van der Waals surface area contributed by atoms with Crippen LogP contribution < -0.4 is 5.32 Å². The van der Waals surface area contributed by atoms with E-state index in [1.807, 2.05) is 0 Å². The van der Waals surface area contributed by atoms with Gasteiger partial charge in [-0.3, -0.25) is 4.79 Å². The van der Waals surface area contributed by atoms with Gasteiger partial charge in [-0.2, -0.15) is 0 Å². The molecule has 2 N–H and O–H groups in total. The van der Waals surface area contributed by atoms with E-state index < -0.39 is 23.7 Å². The minimum absolute atomic E-state index is 0.124. The van der Waals surface area contributed by atoms with E-state index in [0.717, 1.165) is 0 Å². The summed E-state index contributed by atoms with van der Waals surface area (Å²) in [5, 5.41) is 12.2. The third-order valence-electron chi connectivity index (χ3n) is 3.81. The van der Waals surface area contributed by atoms with Gasteiger partial charge in [-0.1, -0.05) is 6.08 Å². The van der Waals surface area contributed by atoms with Crippen LogP contribution in [0.3, 0.4) is 0 Å². The van der Waals surface area contributed by atoms with Crippen molar-refractivity contribution < 1.29 is 19.4 Å². The Morgan fingerprint density at radius 3 is 2.80 bits per heavy atom. The zero-order valence-electron chi connectivity index (χ0n) is 11.3. The molecular weight excluding hydrogens is 284 g/mol. The van der Waals surface area contributed by atoms with Gasteiger partial charge in [0.2, 0.25) is 5.91 Å². The van der Waals surface area contributed by atoms with Crippen molar-refractivity contribution in [3.63, 3.8) is 0 Å². The van der Waals surface area contributed by atoms with Gasteiger partial charge in [-0.15, -0.1) is 6.58 Å². The molecule has 0 radical (unpaired) electrons. The number of aliphatic hydroxyl groups excluding tert-OH is 1. The molecule has 0 aromatic heterocycles. The van der Waals surface area contributed by atoms with E-state index in [4.69, 9.17) is 16.5 Å². The summed E-state index contributed by atoms with van der Waals surface area (Å²) < 4.78 is 6.28. The van der Waals surface area contributed by atoms with Crippen molar-refractivity contribution in [2.45, 2.75) is 37.5 Å². The summed E-state index contributed by atoms with van der Waals surface area (Å²) in [6.45, 7) is 5.86. The maximum atomic E-state index is 12.2. The van der Waals surface area contributed by atoms with Gasteiger partial charge in [0, 0.05) is 18.9 Å². The maximum Gasteiger partial charge on any atom is 0.332 e. The van der Waals surface area contributed by atoms with E-state index in [2.05, 4.69) is 11.9 Å². The minimum atomic E-state index is -1.01. The Hall–Kier alpha value is -1.11. The largest absolute Gasteiger partial charge is 0.464 e. The summed E-state index contributed by atoms with van der Waals surface area (Å²) in [6, 6.07) is -0.635. The number of hydrogen-bond donors (Lipinski definition) is 2. The van der Waals surface area contributed by atoms with E-state index >= 15 is 0 Å². The molecule has 1 aliphatic carbocycles. The maximum absolute atomic E-state index is 12.2. The van der Waals surface area contributed by atoms with Crippen LogP contribution in [0.2, 0.25) is 0 Å². The summed E-state index contributed by atoms with van der Waals surface area (Å²) in [4.78, 5) is 24.2. The first kappa shape index (κ1) is 15.3. The topological polar surface area (TPSA) is 78.9 Å². The molecule has 2 fully saturated rings. The zero-order valence-corrected chi connectivity index (χ0v) is 12.1.